The predicted molar refractivity (Wildman–Crippen MR) is 72.3 cm³/mol. The van der Waals surface area contributed by atoms with Crippen molar-refractivity contribution in [1.82, 2.24) is 4.90 Å². The number of hydrogen-bond acceptors (Lipinski definition) is 6. The van der Waals surface area contributed by atoms with Crippen LogP contribution in [0.3, 0.4) is 0 Å². The van der Waals surface area contributed by atoms with E-state index in [1.54, 1.807) is 30.1 Å². The van der Waals surface area contributed by atoms with Gasteiger partial charge in [0.25, 0.3) is 0 Å². The molecular formula is C14H19NO5. The zero-order valence-electron chi connectivity index (χ0n) is 11.7. The van der Waals surface area contributed by atoms with Crippen molar-refractivity contribution >= 4 is 5.78 Å². The maximum Gasteiger partial charge on any atom is 0.231 e. The number of carbonyl (C=O) groups is 1. The number of aliphatic hydroxyl groups excluding tert-OH is 1. The second-order valence-electron chi connectivity index (χ2n) is 4.80. The van der Waals surface area contributed by atoms with Gasteiger partial charge in [-0.1, -0.05) is 0 Å². The van der Waals surface area contributed by atoms with E-state index in [-0.39, 0.29) is 25.7 Å². The van der Waals surface area contributed by atoms with Crippen molar-refractivity contribution in [1.29, 1.82) is 0 Å². The fourth-order valence-electron chi connectivity index (χ4n) is 2.08. The number of methoxy groups -OCH3 is 1. The third-order valence-electron chi connectivity index (χ3n) is 2.99. The Hall–Kier alpha value is -1.63. The molecule has 1 N–H and O–H groups in total. The summed E-state index contributed by atoms with van der Waals surface area (Å²) < 4.78 is 15.3. The van der Waals surface area contributed by atoms with Crippen LogP contribution < -0.4 is 9.47 Å². The molecule has 0 saturated heterocycles. The van der Waals surface area contributed by atoms with Gasteiger partial charge in [-0.3, -0.25) is 9.69 Å². The topological polar surface area (TPSA) is 68.2 Å². The summed E-state index contributed by atoms with van der Waals surface area (Å²) in [6.07, 6.45) is -0.602. The molecule has 1 unspecified atom stereocenters. The lowest BCUT2D eigenvalue weighted by Crippen LogP contribution is -2.35. The molecular weight excluding hydrogens is 262 g/mol. The first kappa shape index (κ1) is 14.8. The molecule has 6 nitrogen and oxygen atoms in total. The molecule has 1 aliphatic heterocycles. The maximum atomic E-state index is 12.1. The van der Waals surface area contributed by atoms with Crippen molar-refractivity contribution in [2.45, 2.75) is 6.10 Å². The minimum Gasteiger partial charge on any atom is -0.454 e. The minimum atomic E-state index is -0.602. The Bertz CT molecular complexity index is 477. The highest BCUT2D eigenvalue weighted by atomic mass is 16.7. The zero-order valence-corrected chi connectivity index (χ0v) is 11.7. The van der Waals surface area contributed by atoms with Crippen LogP contribution in [0.2, 0.25) is 0 Å². The number of aliphatic hydroxyl groups is 1. The fraction of sp³-hybridized carbons (Fsp3) is 0.500. The molecule has 0 fully saturated rings. The van der Waals surface area contributed by atoms with E-state index in [1.165, 1.54) is 7.11 Å². The number of benzene rings is 1. The smallest absolute Gasteiger partial charge is 0.231 e. The summed E-state index contributed by atoms with van der Waals surface area (Å²) in [7, 11) is 3.31. The molecule has 2 rings (SSSR count). The Morgan fingerprint density at radius 3 is 2.95 bits per heavy atom. The summed E-state index contributed by atoms with van der Waals surface area (Å²) in [4.78, 5) is 13.9. The highest BCUT2D eigenvalue weighted by Gasteiger charge is 2.17. The Morgan fingerprint density at radius 1 is 1.45 bits per heavy atom. The lowest BCUT2D eigenvalue weighted by Gasteiger charge is -2.19. The van der Waals surface area contributed by atoms with Crippen LogP contribution in [0.4, 0.5) is 0 Å². The minimum absolute atomic E-state index is 0.0320. The van der Waals surface area contributed by atoms with Gasteiger partial charge in [0.2, 0.25) is 6.79 Å². The van der Waals surface area contributed by atoms with Crippen molar-refractivity contribution in [3.63, 3.8) is 0 Å². The Labute approximate surface area is 117 Å². The van der Waals surface area contributed by atoms with Crippen LogP contribution in [0.25, 0.3) is 0 Å². The molecule has 110 valence electrons. The van der Waals surface area contributed by atoms with E-state index in [1.807, 2.05) is 0 Å². The SMILES string of the molecule is COCC(O)CN(C)CC(=O)c1ccc2c(c1)OCO2. The fourth-order valence-corrected chi connectivity index (χ4v) is 2.08. The summed E-state index contributed by atoms with van der Waals surface area (Å²) in [6.45, 7) is 1.04. The van der Waals surface area contributed by atoms with Crippen LogP contribution in [0.15, 0.2) is 18.2 Å². The van der Waals surface area contributed by atoms with E-state index < -0.39 is 6.10 Å². The van der Waals surface area contributed by atoms with Crippen molar-refractivity contribution in [2.24, 2.45) is 0 Å². The number of carbonyl (C=O) groups excluding carboxylic acids is 1. The van der Waals surface area contributed by atoms with Gasteiger partial charge in [-0.15, -0.1) is 0 Å². The molecule has 1 heterocycles. The lowest BCUT2D eigenvalue weighted by atomic mass is 10.1. The molecule has 0 saturated carbocycles. The molecule has 0 aromatic heterocycles. The highest BCUT2D eigenvalue weighted by molar-refractivity contribution is 5.98. The first-order valence-corrected chi connectivity index (χ1v) is 6.38. The van der Waals surface area contributed by atoms with Gasteiger partial charge >= 0.3 is 0 Å². The van der Waals surface area contributed by atoms with Crippen molar-refractivity contribution in [3.8, 4) is 11.5 Å². The second-order valence-corrected chi connectivity index (χ2v) is 4.80. The zero-order chi connectivity index (χ0) is 14.5. The molecule has 1 aliphatic rings. The number of ether oxygens (including phenoxy) is 3. The molecule has 1 aromatic carbocycles. The van der Waals surface area contributed by atoms with Gasteiger partial charge in [-0.05, 0) is 25.2 Å². The van der Waals surface area contributed by atoms with Crippen LogP contribution in [0.1, 0.15) is 10.4 Å². The van der Waals surface area contributed by atoms with Gasteiger partial charge in [0.05, 0.1) is 19.3 Å². The molecule has 0 bridgehead atoms. The Kier molecular flexibility index (Phi) is 4.94. The molecule has 0 amide bonds. The highest BCUT2D eigenvalue weighted by Crippen LogP contribution is 2.32. The van der Waals surface area contributed by atoms with Crippen LogP contribution in [-0.4, -0.2) is 62.5 Å². The molecule has 1 aromatic rings. The number of hydrogen-bond donors (Lipinski definition) is 1. The van der Waals surface area contributed by atoms with E-state index in [0.29, 0.717) is 23.6 Å². The van der Waals surface area contributed by atoms with Crippen LogP contribution >= 0.6 is 0 Å². The van der Waals surface area contributed by atoms with Gasteiger partial charge in [-0.2, -0.15) is 0 Å². The van der Waals surface area contributed by atoms with Gasteiger partial charge in [0, 0.05) is 19.2 Å². The van der Waals surface area contributed by atoms with E-state index >= 15 is 0 Å². The van der Waals surface area contributed by atoms with E-state index in [4.69, 9.17) is 14.2 Å². The van der Waals surface area contributed by atoms with Crippen LogP contribution in [-0.2, 0) is 4.74 Å². The third-order valence-corrected chi connectivity index (χ3v) is 2.99. The monoisotopic (exact) mass is 281 g/mol. The first-order valence-electron chi connectivity index (χ1n) is 6.38. The van der Waals surface area contributed by atoms with Crippen molar-refractivity contribution < 1.29 is 24.1 Å². The standard InChI is InChI=1S/C14H19NO5/c1-15(6-11(16)8-18-2)7-12(17)10-3-4-13-14(5-10)20-9-19-13/h3-5,11,16H,6-9H2,1-2H3. The molecule has 20 heavy (non-hydrogen) atoms. The number of rotatable bonds is 7. The van der Waals surface area contributed by atoms with Gasteiger partial charge < -0.3 is 19.3 Å². The first-order chi connectivity index (χ1) is 9.60. The van der Waals surface area contributed by atoms with Gasteiger partial charge in [0.15, 0.2) is 17.3 Å². The quantitative estimate of drug-likeness (QED) is 0.736. The average molecular weight is 281 g/mol. The summed E-state index contributed by atoms with van der Waals surface area (Å²) in [5.74, 6) is 1.22. The van der Waals surface area contributed by atoms with Crippen LogP contribution in [0, 0.1) is 0 Å². The summed E-state index contributed by atoms with van der Waals surface area (Å²) in [5.41, 5.74) is 0.572. The number of Topliss-reactive ketones (excluding diaryl/α,β-unsaturated/α-hetero) is 1. The number of nitrogens with zero attached hydrogens (tertiary/aromatic N) is 1. The van der Waals surface area contributed by atoms with E-state index in [9.17, 15) is 9.90 Å². The normalized spacial score (nSPS) is 14.6. The molecule has 0 radical (unpaired) electrons. The molecule has 6 heteroatoms. The van der Waals surface area contributed by atoms with Crippen molar-refractivity contribution in [3.05, 3.63) is 23.8 Å². The number of fused-ring (bicyclic) bond motifs is 1. The molecule has 0 aliphatic carbocycles. The summed E-state index contributed by atoms with van der Waals surface area (Å²) >= 11 is 0. The second kappa shape index (κ2) is 6.69. The van der Waals surface area contributed by atoms with Crippen molar-refractivity contribution in [2.75, 3.05) is 40.6 Å². The van der Waals surface area contributed by atoms with E-state index in [2.05, 4.69) is 0 Å². The predicted octanol–water partition coefficient (Wildman–Crippen LogP) is 0.537. The lowest BCUT2D eigenvalue weighted by molar-refractivity contribution is 0.0427. The number of likely N-dealkylation sites (N-methyl/N-ethyl adjacent to an activating group) is 1. The Morgan fingerprint density at radius 2 is 2.20 bits per heavy atom. The largest absolute Gasteiger partial charge is 0.454 e. The third kappa shape index (κ3) is 3.69. The van der Waals surface area contributed by atoms with Crippen LogP contribution in [0.5, 0.6) is 11.5 Å². The average Bonchev–Trinajstić information content (AvgIpc) is 2.85. The molecule has 1 atom stereocenters. The number of ketones is 1. The molecule has 0 spiro atoms. The van der Waals surface area contributed by atoms with E-state index in [0.717, 1.165) is 0 Å². The van der Waals surface area contributed by atoms with Gasteiger partial charge in [-0.25, -0.2) is 0 Å². The summed E-state index contributed by atoms with van der Waals surface area (Å²) in [5, 5.41) is 9.62. The summed E-state index contributed by atoms with van der Waals surface area (Å²) in [6, 6.07) is 5.13. The Balaban J connectivity index is 1.91. The van der Waals surface area contributed by atoms with Gasteiger partial charge in [0.1, 0.15) is 0 Å². The maximum absolute atomic E-state index is 12.1.